The molecule has 1 N–H and O–H groups in total. The number of amides is 2. The van der Waals surface area contributed by atoms with Gasteiger partial charge in [0.05, 0.1) is 5.56 Å². The molecule has 2 amide bonds. The lowest BCUT2D eigenvalue weighted by Gasteiger charge is -2.18. The van der Waals surface area contributed by atoms with Gasteiger partial charge in [-0.2, -0.15) is 0 Å². The molecular weight excluding hydrogens is 334 g/mol. The normalized spacial score (nSPS) is 15.8. The summed E-state index contributed by atoms with van der Waals surface area (Å²) < 4.78 is 0. The Balaban J connectivity index is 1.57. The van der Waals surface area contributed by atoms with Crippen LogP contribution in [0.1, 0.15) is 28.8 Å². The van der Waals surface area contributed by atoms with Crippen LogP contribution in [0.25, 0.3) is 0 Å². The van der Waals surface area contributed by atoms with Gasteiger partial charge in [-0.1, -0.05) is 6.07 Å². The molecule has 0 radical (unpaired) electrons. The molecule has 128 valence electrons. The van der Waals surface area contributed by atoms with Crippen LogP contribution in [0.3, 0.4) is 0 Å². The van der Waals surface area contributed by atoms with Crippen LogP contribution in [-0.2, 0) is 11.2 Å². The Morgan fingerprint density at radius 1 is 1.28 bits per heavy atom. The predicted octanol–water partition coefficient (Wildman–Crippen LogP) is 3.35. The van der Waals surface area contributed by atoms with Crippen LogP contribution in [0.4, 0.5) is 11.4 Å². The first kappa shape index (κ1) is 16.1. The van der Waals surface area contributed by atoms with Gasteiger partial charge >= 0.3 is 0 Å². The molecule has 2 heterocycles. The van der Waals surface area contributed by atoms with Gasteiger partial charge in [0, 0.05) is 30.0 Å². The van der Waals surface area contributed by atoms with Crippen LogP contribution >= 0.6 is 11.8 Å². The maximum absolute atomic E-state index is 12.6. The van der Waals surface area contributed by atoms with E-state index in [1.165, 1.54) is 11.8 Å². The highest BCUT2D eigenvalue weighted by molar-refractivity contribution is 7.98. The molecule has 5 nitrogen and oxygen atoms in total. The largest absolute Gasteiger partial charge is 0.322 e. The quantitative estimate of drug-likeness (QED) is 0.856. The Hall–Kier alpha value is -2.34. The zero-order valence-electron chi connectivity index (χ0n) is 14.0. The van der Waals surface area contributed by atoms with Crippen LogP contribution in [0.15, 0.2) is 41.6 Å². The summed E-state index contributed by atoms with van der Waals surface area (Å²) in [5.41, 5.74) is 3.36. The second kappa shape index (κ2) is 6.52. The molecule has 1 aromatic heterocycles. The SMILES string of the molecule is CSc1ncccc1C(=O)Nc1ccc2c(c1)N(C(=O)C1CC1)CC2. The van der Waals surface area contributed by atoms with Crippen molar-refractivity contribution in [2.45, 2.75) is 24.3 Å². The van der Waals surface area contributed by atoms with Gasteiger partial charge in [0.1, 0.15) is 5.03 Å². The summed E-state index contributed by atoms with van der Waals surface area (Å²) in [7, 11) is 0. The minimum atomic E-state index is -0.185. The van der Waals surface area contributed by atoms with Crippen LogP contribution < -0.4 is 10.2 Å². The Kier molecular flexibility index (Phi) is 4.21. The molecule has 1 fully saturated rings. The predicted molar refractivity (Wildman–Crippen MR) is 99.2 cm³/mol. The number of hydrogen-bond acceptors (Lipinski definition) is 4. The molecule has 4 rings (SSSR count). The first-order valence-electron chi connectivity index (χ1n) is 8.42. The molecule has 1 saturated carbocycles. The van der Waals surface area contributed by atoms with Crippen LogP contribution in [0, 0.1) is 5.92 Å². The maximum Gasteiger partial charge on any atom is 0.258 e. The van der Waals surface area contributed by atoms with Crippen LogP contribution in [0.2, 0.25) is 0 Å². The average Bonchev–Trinajstić information content (AvgIpc) is 3.41. The summed E-state index contributed by atoms with van der Waals surface area (Å²) in [6, 6.07) is 9.34. The Bertz CT molecular complexity index is 848. The van der Waals surface area contributed by atoms with E-state index < -0.39 is 0 Å². The van der Waals surface area contributed by atoms with Crippen molar-refractivity contribution in [1.82, 2.24) is 4.98 Å². The molecule has 1 aliphatic carbocycles. The van der Waals surface area contributed by atoms with Gasteiger partial charge in [-0.05, 0) is 55.3 Å². The van der Waals surface area contributed by atoms with Crippen molar-refractivity contribution >= 4 is 35.0 Å². The van der Waals surface area contributed by atoms with Gasteiger partial charge in [-0.25, -0.2) is 4.98 Å². The number of benzene rings is 1. The van der Waals surface area contributed by atoms with E-state index in [1.54, 1.807) is 18.3 Å². The van der Waals surface area contributed by atoms with E-state index in [2.05, 4.69) is 10.3 Å². The lowest BCUT2D eigenvalue weighted by Crippen LogP contribution is -2.30. The fourth-order valence-electron chi connectivity index (χ4n) is 3.16. The number of fused-ring (bicyclic) bond motifs is 1. The molecule has 0 spiro atoms. The van der Waals surface area contributed by atoms with Crippen molar-refractivity contribution in [3.8, 4) is 0 Å². The van der Waals surface area contributed by atoms with Gasteiger partial charge in [-0.15, -0.1) is 11.8 Å². The fraction of sp³-hybridized carbons (Fsp3) is 0.316. The number of carbonyl (C=O) groups excluding carboxylic acids is 2. The van der Waals surface area contributed by atoms with Crippen molar-refractivity contribution < 1.29 is 9.59 Å². The number of hydrogen-bond donors (Lipinski definition) is 1. The molecule has 6 heteroatoms. The van der Waals surface area contributed by atoms with E-state index >= 15 is 0 Å². The highest BCUT2D eigenvalue weighted by atomic mass is 32.2. The summed E-state index contributed by atoms with van der Waals surface area (Å²) in [5, 5.41) is 3.64. The van der Waals surface area contributed by atoms with Crippen molar-refractivity contribution in [2.24, 2.45) is 5.92 Å². The molecular formula is C19H19N3O2S. The van der Waals surface area contributed by atoms with Crippen molar-refractivity contribution in [3.05, 3.63) is 47.7 Å². The maximum atomic E-state index is 12.6. The second-order valence-corrected chi connectivity index (χ2v) is 7.17. The minimum absolute atomic E-state index is 0.185. The smallest absolute Gasteiger partial charge is 0.258 e. The number of thioether (sulfide) groups is 1. The lowest BCUT2D eigenvalue weighted by molar-refractivity contribution is -0.119. The molecule has 0 saturated heterocycles. The monoisotopic (exact) mass is 353 g/mol. The second-order valence-electron chi connectivity index (χ2n) is 6.37. The summed E-state index contributed by atoms with van der Waals surface area (Å²) in [6.45, 7) is 0.737. The first-order valence-corrected chi connectivity index (χ1v) is 9.64. The summed E-state index contributed by atoms with van der Waals surface area (Å²) >= 11 is 1.44. The molecule has 2 aliphatic rings. The number of rotatable bonds is 4. The Labute approximate surface area is 150 Å². The molecule has 1 aromatic carbocycles. The molecule has 1 aliphatic heterocycles. The van der Waals surface area contributed by atoms with Gasteiger partial charge in [0.2, 0.25) is 5.91 Å². The number of nitrogens with zero attached hydrogens (tertiary/aromatic N) is 2. The molecule has 0 unspecified atom stereocenters. The van der Waals surface area contributed by atoms with Crippen molar-refractivity contribution in [1.29, 1.82) is 0 Å². The Morgan fingerprint density at radius 2 is 2.12 bits per heavy atom. The zero-order chi connectivity index (χ0) is 17.4. The Morgan fingerprint density at radius 3 is 2.88 bits per heavy atom. The lowest BCUT2D eigenvalue weighted by atomic mass is 10.1. The third-order valence-corrected chi connectivity index (χ3v) is 5.35. The summed E-state index contributed by atoms with van der Waals surface area (Å²) in [6.07, 6.45) is 6.45. The van der Waals surface area contributed by atoms with Gasteiger partial charge in [0.25, 0.3) is 5.91 Å². The van der Waals surface area contributed by atoms with Crippen molar-refractivity contribution in [3.63, 3.8) is 0 Å². The number of pyridine rings is 1. The van der Waals surface area contributed by atoms with Crippen LogP contribution in [-0.4, -0.2) is 29.6 Å². The topological polar surface area (TPSA) is 62.3 Å². The highest BCUT2D eigenvalue weighted by Gasteiger charge is 2.36. The zero-order valence-corrected chi connectivity index (χ0v) is 14.8. The molecule has 0 atom stereocenters. The van der Waals surface area contributed by atoms with Crippen LogP contribution in [0.5, 0.6) is 0 Å². The van der Waals surface area contributed by atoms with E-state index in [1.807, 2.05) is 29.4 Å². The third-order valence-electron chi connectivity index (χ3n) is 4.64. The highest BCUT2D eigenvalue weighted by Crippen LogP contribution is 2.37. The van der Waals surface area contributed by atoms with E-state index in [4.69, 9.17) is 0 Å². The summed E-state index contributed by atoms with van der Waals surface area (Å²) in [5.74, 6) is 0.235. The third kappa shape index (κ3) is 3.14. The first-order chi connectivity index (χ1) is 12.2. The molecule has 0 bridgehead atoms. The van der Waals surface area contributed by atoms with Gasteiger partial charge < -0.3 is 10.2 Å². The van der Waals surface area contributed by atoms with E-state index in [9.17, 15) is 9.59 Å². The van der Waals surface area contributed by atoms with E-state index in [0.29, 0.717) is 16.3 Å². The standard InChI is InChI=1S/C19H19N3O2S/c1-25-18-15(3-2-9-20-18)17(23)21-14-7-6-12-8-10-22(16(12)11-14)19(24)13-4-5-13/h2-3,6-7,9,11,13H,4-5,8,10H2,1H3,(H,21,23). The van der Waals surface area contributed by atoms with E-state index in [0.717, 1.165) is 37.1 Å². The number of nitrogens with one attached hydrogen (secondary N) is 1. The van der Waals surface area contributed by atoms with Gasteiger partial charge in [-0.3, -0.25) is 9.59 Å². The molecule has 2 aromatic rings. The average molecular weight is 353 g/mol. The number of anilines is 2. The van der Waals surface area contributed by atoms with Gasteiger partial charge in [0.15, 0.2) is 0 Å². The molecule has 25 heavy (non-hydrogen) atoms. The fourth-order valence-corrected chi connectivity index (χ4v) is 3.71. The number of carbonyl (C=O) groups is 2. The van der Waals surface area contributed by atoms with E-state index in [-0.39, 0.29) is 17.7 Å². The number of aromatic nitrogens is 1. The minimum Gasteiger partial charge on any atom is -0.322 e. The van der Waals surface area contributed by atoms with Crippen molar-refractivity contribution in [2.75, 3.05) is 23.0 Å². The summed E-state index contributed by atoms with van der Waals surface area (Å²) in [4.78, 5) is 31.1.